The second-order valence-corrected chi connectivity index (χ2v) is 6.62. The van der Waals surface area contributed by atoms with Crippen molar-refractivity contribution >= 4 is 11.6 Å². The summed E-state index contributed by atoms with van der Waals surface area (Å²) in [4.78, 5) is 12.5. The summed E-state index contributed by atoms with van der Waals surface area (Å²) in [6, 6.07) is 24.5. The smallest absolute Gasteiger partial charge is 0.255 e. The predicted molar refractivity (Wildman–Crippen MR) is 112 cm³/mol. The van der Waals surface area contributed by atoms with E-state index in [1.165, 1.54) is 0 Å². The molecule has 1 unspecified atom stereocenters. The van der Waals surface area contributed by atoms with Gasteiger partial charge in [0, 0.05) is 17.3 Å². The van der Waals surface area contributed by atoms with Crippen LogP contribution >= 0.6 is 0 Å². The van der Waals surface area contributed by atoms with Gasteiger partial charge in [0.25, 0.3) is 5.91 Å². The van der Waals surface area contributed by atoms with Crippen molar-refractivity contribution < 1.29 is 14.3 Å². The number of ether oxygens (including phenoxy) is 2. The molecule has 0 spiro atoms. The Morgan fingerprint density at radius 1 is 0.929 bits per heavy atom. The minimum atomic E-state index is -0.171. The maximum Gasteiger partial charge on any atom is 0.255 e. The first-order valence-corrected chi connectivity index (χ1v) is 9.49. The number of hydrogen-bond acceptors (Lipinski definition) is 3. The van der Waals surface area contributed by atoms with E-state index in [2.05, 4.69) is 12.2 Å². The van der Waals surface area contributed by atoms with E-state index in [1.54, 1.807) is 12.1 Å². The van der Waals surface area contributed by atoms with Crippen LogP contribution in [0.15, 0.2) is 78.9 Å². The van der Waals surface area contributed by atoms with Crippen LogP contribution in [0, 0.1) is 0 Å². The van der Waals surface area contributed by atoms with Crippen LogP contribution in [0.4, 0.5) is 5.69 Å². The van der Waals surface area contributed by atoms with Crippen molar-refractivity contribution in [2.75, 3.05) is 5.32 Å². The van der Waals surface area contributed by atoms with E-state index in [4.69, 9.17) is 9.47 Å². The highest BCUT2D eigenvalue weighted by Gasteiger charge is 2.08. The molecule has 3 aromatic rings. The quantitative estimate of drug-likeness (QED) is 0.550. The zero-order valence-electron chi connectivity index (χ0n) is 16.2. The molecule has 0 radical (unpaired) electrons. The maximum atomic E-state index is 12.5. The Balaban J connectivity index is 1.59. The highest BCUT2D eigenvalue weighted by Crippen LogP contribution is 2.20. The van der Waals surface area contributed by atoms with Crippen molar-refractivity contribution in [1.29, 1.82) is 0 Å². The van der Waals surface area contributed by atoms with E-state index in [9.17, 15) is 4.79 Å². The van der Waals surface area contributed by atoms with Crippen molar-refractivity contribution in [2.24, 2.45) is 0 Å². The molecular weight excluding hydrogens is 350 g/mol. The summed E-state index contributed by atoms with van der Waals surface area (Å²) < 4.78 is 11.6. The number of carbonyl (C=O) groups is 1. The number of hydrogen-bond donors (Lipinski definition) is 1. The predicted octanol–water partition coefficient (Wildman–Crippen LogP) is 5.70. The number of nitrogens with one attached hydrogen (secondary N) is 1. The summed E-state index contributed by atoms with van der Waals surface area (Å²) in [5.41, 5.74) is 2.36. The van der Waals surface area contributed by atoms with Gasteiger partial charge in [-0.1, -0.05) is 43.3 Å². The van der Waals surface area contributed by atoms with Gasteiger partial charge >= 0.3 is 0 Å². The molecule has 1 amide bonds. The summed E-state index contributed by atoms with van der Waals surface area (Å²) in [6.07, 6.45) is 1.09. The fourth-order valence-corrected chi connectivity index (χ4v) is 2.61. The van der Waals surface area contributed by atoms with Gasteiger partial charge in [0.15, 0.2) is 0 Å². The normalized spacial score (nSPS) is 11.5. The first-order chi connectivity index (χ1) is 13.6. The maximum absolute atomic E-state index is 12.5. The highest BCUT2D eigenvalue weighted by atomic mass is 16.5. The van der Waals surface area contributed by atoms with E-state index in [1.807, 2.05) is 73.7 Å². The molecule has 3 aromatic carbocycles. The van der Waals surface area contributed by atoms with Crippen molar-refractivity contribution in [3.8, 4) is 11.5 Å². The molecule has 0 heterocycles. The lowest BCUT2D eigenvalue weighted by Gasteiger charge is -2.13. The number of benzene rings is 3. The van der Waals surface area contributed by atoms with Gasteiger partial charge in [0.1, 0.15) is 18.1 Å². The van der Waals surface area contributed by atoms with Gasteiger partial charge in [-0.2, -0.15) is 0 Å². The molecule has 3 rings (SSSR count). The van der Waals surface area contributed by atoms with Gasteiger partial charge in [0.2, 0.25) is 0 Å². The fraction of sp³-hybridized carbons (Fsp3) is 0.208. The molecular formula is C24H25NO3. The van der Waals surface area contributed by atoms with Crippen LogP contribution in [-0.4, -0.2) is 12.0 Å². The second kappa shape index (κ2) is 9.60. The van der Waals surface area contributed by atoms with Crippen LogP contribution in [0.2, 0.25) is 0 Å². The highest BCUT2D eigenvalue weighted by molar-refractivity contribution is 6.04. The van der Waals surface area contributed by atoms with Crippen molar-refractivity contribution in [1.82, 2.24) is 0 Å². The molecule has 0 saturated heterocycles. The number of amides is 1. The zero-order valence-corrected chi connectivity index (χ0v) is 16.2. The Kier molecular flexibility index (Phi) is 6.68. The van der Waals surface area contributed by atoms with Crippen LogP contribution < -0.4 is 14.8 Å². The lowest BCUT2D eigenvalue weighted by Crippen LogP contribution is -2.12. The van der Waals surface area contributed by atoms with E-state index < -0.39 is 0 Å². The SMILES string of the molecule is CCC(C)Oc1ccc(C(=O)Nc2cccc(OCc3ccccc3)c2)cc1. The third-order valence-electron chi connectivity index (χ3n) is 4.37. The average molecular weight is 375 g/mol. The first-order valence-electron chi connectivity index (χ1n) is 9.49. The van der Waals surface area contributed by atoms with E-state index in [0.29, 0.717) is 23.6 Å². The number of carbonyl (C=O) groups excluding carboxylic acids is 1. The minimum Gasteiger partial charge on any atom is -0.491 e. The average Bonchev–Trinajstić information content (AvgIpc) is 2.73. The fourth-order valence-electron chi connectivity index (χ4n) is 2.61. The van der Waals surface area contributed by atoms with Crippen LogP contribution in [0.25, 0.3) is 0 Å². The molecule has 4 heteroatoms. The molecule has 0 aliphatic rings. The van der Waals surface area contributed by atoms with Crippen LogP contribution in [-0.2, 0) is 6.61 Å². The third-order valence-corrected chi connectivity index (χ3v) is 4.37. The van der Waals surface area contributed by atoms with Gasteiger partial charge < -0.3 is 14.8 Å². The van der Waals surface area contributed by atoms with Gasteiger partial charge in [-0.3, -0.25) is 4.79 Å². The Labute approximate surface area is 166 Å². The third kappa shape index (κ3) is 5.61. The molecule has 0 saturated carbocycles. The molecule has 4 nitrogen and oxygen atoms in total. The number of rotatable bonds is 8. The Morgan fingerprint density at radius 3 is 2.39 bits per heavy atom. The molecule has 1 N–H and O–H groups in total. The van der Waals surface area contributed by atoms with Crippen molar-refractivity contribution in [3.63, 3.8) is 0 Å². The molecule has 144 valence electrons. The molecule has 0 aliphatic carbocycles. The van der Waals surface area contributed by atoms with Gasteiger partial charge in [-0.05, 0) is 55.3 Å². The lowest BCUT2D eigenvalue weighted by atomic mass is 10.2. The van der Waals surface area contributed by atoms with Crippen molar-refractivity contribution in [3.05, 3.63) is 90.0 Å². The molecule has 0 aromatic heterocycles. The van der Waals surface area contributed by atoms with Crippen LogP contribution in [0.3, 0.4) is 0 Å². The molecule has 0 bridgehead atoms. The monoisotopic (exact) mass is 375 g/mol. The lowest BCUT2D eigenvalue weighted by molar-refractivity contribution is 0.102. The summed E-state index contributed by atoms with van der Waals surface area (Å²) in [7, 11) is 0. The van der Waals surface area contributed by atoms with Crippen LogP contribution in [0.5, 0.6) is 11.5 Å². The van der Waals surface area contributed by atoms with E-state index >= 15 is 0 Å². The summed E-state index contributed by atoms with van der Waals surface area (Å²) in [5.74, 6) is 1.30. The van der Waals surface area contributed by atoms with Gasteiger partial charge in [-0.25, -0.2) is 0 Å². The standard InChI is InChI=1S/C24H25NO3/c1-3-18(2)28-22-14-12-20(13-15-22)24(26)25-21-10-7-11-23(16-21)27-17-19-8-5-4-6-9-19/h4-16,18H,3,17H2,1-2H3,(H,25,26). The minimum absolute atomic E-state index is 0.151. The summed E-state index contributed by atoms with van der Waals surface area (Å²) >= 11 is 0. The molecule has 0 aliphatic heterocycles. The van der Waals surface area contributed by atoms with Crippen molar-refractivity contribution in [2.45, 2.75) is 33.0 Å². The zero-order chi connectivity index (χ0) is 19.8. The summed E-state index contributed by atoms with van der Waals surface area (Å²) in [6.45, 7) is 4.58. The molecule has 0 fully saturated rings. The van der Waals surface area contributed by atoms with E-state index in [-0.39, 0.29) is 12.0 Å². The largest absolute Gasteiger partial charge is 0.491 e. The first kappa shape index (κ1) is 19.5. The van der Waals surface area contributed by atoms with Gasteiger partial charge in [0.05, 0.1) is 6.10 Å². The molecule has 1 atom stereocenters. The van der Waals surface area contributed by atoms with E-state index in [0.717, 1.165) is 17.7 Å². The Hall–Kier alpha value is -3.27. The van der Waals surface area contributed by atoms with Gasteiger partial charge in [-0.15, -0.1) is 0 Å². The number of anilines is 1. The second-order valence-electron chi connectivity index (χ2n) is 6.62. The molecule has 28 heavy (non-hydrogen) atoms. The summed E-state index contributed by atoms with van der Waals surface area (Å²) in [5, 5.41) is 2.91. The Bertz CT molecular complexity index is 891. The Morgan fingerprint density at radius 2 is 1.68 bits per heavy atom. The van der Waals surface area contributed by atoms with Crippen LogP contribution in [0.1, 0.15) is 36.2 Å². The topological polar surface area (TPSA) is 47.6 Å².